The first-order chi connectivity index (χ1) is 10.2. The summed E-state index contributed by atoms with van der Waals surface area (Å²) in [4.78, 5) is 0. The largest absolute Gasteiger partial charge is 0.259 e. The van der Waals surface area contributed by atoms with Crippen molar-refractivity contribution in [2.45, 2.75) is 0 Å². The molecular weight excluding hydrogens is 291 g/mol. The van der Waals surface area contributed by atoms with E-state index in [0.29, 0.717) is 11.0 Å². The van der Waals surface area contributed by atoms with Gasteiger partial charge in [0, 0.05) is 10.8 Å². The first-order valence-electron chi connectivity index (χ1n) is 6.19. The topological polar surface area (TPSA) is 50.2 Å². The van der Waals surface area contributed by atoms with E-state index in [2.05, 4.69) is 20.7 Å². The van der Waals surface area contributed by atoms with E-state index in [0.717, 1.165) is 16.3 Å². The minimum atomic E-state index is -0.283. The van der Waals surface area contributed by atoms with Crippen molar-refractivity contribution in [2.75, 3.05) is 5.43 Å². The minimum absolute atomic E-state index is 0.283. The molecule has 0 aliphatic heterocycles. The number of nitrogens with one attached hydrogen (secondary N) is 1. The number of rotatable bonds is 3. The Morgan fingerprint density at radius 1 is 1.00 bits per heavy atom. The molecule has 0 amide bonds. The van der Waals surface area contributed by atoms with Crippen LogP contribution in [0.25, 0.3) is 10.8 Å². The van der Waals surface area contributed by atoms with Crippen molar-refractivity contribution in [3.8, 4) is 0 Å². The zero-order valence-corrected chi connectivity index (χ0v) is 11.5. The van der Waals surface area contributed by atoms with Gasteiger partial charge in [0.15, 0.2) is 11.0 Å². The lowest BCUT2D eigenvalue weighted by atomic mass is 10.2. The molecular formula is C15H10ClFN4. The molecule has 1 aromatic heterocycles. The molecule has 0 unspecified atom stereocenters. The molecule has 3 rings (SSSR count). The minimum Gasteiger partial charge on any atom is -0.259 e. The van der Waals surface area contributed by atoms with Crippen molar-refractivity contribution < 1.29 is 4.39 Å². The van der Waals surface area contributed by atoms with Crippen LogP contribution in [-0.4, -0.2) is 16.4 Å². The summed E-state index contributed by atoms with van der Waals surface area (Å²) in [6, 6.07) is 13.5. The third-order valence-corrected chi connectivity index (χ3v) is 3.18. The summed E-state index contributed by atoms with van der Waals surface area (Å²) in [5, 5.41) is 13.9. The molecule has 0 aliphatic rings. The fraction of sp³-hybridized carbons (Fsp3) is 0. The molecule has 1 heterocycles. The molecule has 0 bridgehead atoms. The van der Waals surface area contributed by atoms with Gasteiger partial charge in [-0.2, -0.15) is 5.10 Å². The van der Waals surface area contributed by atoms with Gasteiger partial charge in [-0.1, -0.05) is 48.0 Å². The molecule has 21 heavy (non-hydrogen) atoms. The Labute approximate surface area is 125 Å². The number of nitrogens with zero attached hydrogens (tertiary/aromatic N) is 3. The number of hydrogen-bond acceptors (Lipinski definition) is 4. The fourth-order valence-electron chi connectivity index (χ4n) is 1.87. The Hall–Kier alpha value is -2.53. The van der Waals surface area contributed by atoms with E-state index in [1.807, 2.05) is 24.3 Å². The average Bonchev–Trinajstić information content (AvgIpc) is 2.52. The van der Waals surface area contributed by atoms with E-state index in [9.17, 15) is 4.39 Å². The monoisotopic (exact) mass is 300 g/mol. The Bertz CT molecular complexity index is 802. The maximum absolute atomic E-state index is 12.8. The van der Waals surface area contributed by atoms with Crippen LogP contribution in [0.5, 0.6) is 0 Å². The van der Waals surface area contributed by atoms with E-state index in [1.165, 1.54) is 12.1 Å². The number of fused-ring (bicyclic) bond motifs is 1. The summed E-state index contributed by atoms with van der Waals surface area (Å²) in [5.41, 5.74) is 3.59. The van der Waals surface area contributed by atoms with Crippen LogP contribution in [0.1, 0.15) is 5.56 Å². The second-order valence-corrected chi connectivity index (χ2v) is 4.66. The van der Waals surface area contributed by atoms with Crippen LogP contribution in [0.4, 0.5) is 10.2 Å². The second kappa shape index (κ2) is 5.85. The van der Waals surface area contributed by atoms with Crippen LogP contribution in [0.15, 0.2) is 53.6 Å². The molecule has 1 N–H and O–H groups in total. The van der Waals surface area contributed by atoms with Crippen LogP contribution in [0.3, 0.4) is 0 Å². The SMILES string of the molecule is Fc1ccc(/C=N/Nc2nnc(Cl)c3ccccc23)cc1. The molecule has 0 saturated carbocycles. The summed E-state index contributed by atoms with van der Waals surface area (Å²) in [7, 11) is 0. The Kier molecular flexibility index (Phi) is 3.75. The Morgan fingerprint density at radius 2 is 1.71 bits per heavy atom. The van der Waals surface area contributed by atoms with Gasteiger partial charge in [0.1, 0.15) is 5.82 Å². The van der Waals surface area contributed by atoms with Crippen LogP contribution in [-0.2, 0) is 0 Å². The number of benzene rings is 2. The number of halogens is 2. The molecule has 0 atom stereocenters. The lowest BCUT2D eigenvalue weighted by molar-refractivity contribution is 0.628. The number of anilines is 1. The van der Waals surface area contributed by atoms with Crippen molar-refractivity contribution >= 4 is 34.4 Å². The van der Waals surface area contributed by atoms with Crippen LogP contribution < -0.4 is 5.43 Å². The van der Waals surface area contributed by atoms with Crippen molar-refractivity contribution in [1.82, 2.24) is 10.2 Å². The quantitative estimate of drug-likeness (QED) is 0.590. The van der Waals surface area contributed by atoms with E-state index in [-0.39, 0.29) is 5.82 Å². The van der Waals surface area contributed by atoms with Crippen molar-refractivity contribution in [2.24, 2.45) is 5.10 Å². The number of hydrogen-bond donors (Lipinski definition) is 1. The molecule has 6 heteroatoms. The average molecular weight is 301 g/mol. The molecule has 0 radical (unpaired) electrons. The predicted molar refractivity (Wildman–Crippen MR) is 82.2 cm³/mol. The Balaban J connectivity index is 1.85. The molecule has 0 spiro atoms. The molecule has 0 saturated heterocycles. The predicted octanol–water partition coefficient (Wildman–Crippen LogP) is 3.87. The molecule has 104 valence electrons. The van der Waals surface area contributed by atoms with Gasteiger partial charge in [-0.15, -0.1) is 10.2 Å². The van der Waals surface area contributed by atoms with E-state index >= 15 is 0 Å². The smallest absolute Gasteiger partial charge is 0.176 e. The van der Waals surface area contributed by atoms with Crippen molar-refractivity contribution in [3.63, 3.8) is 0 Å². The first-order valence-corrected chi connectivity index (χ1v) is 6.57. The van der Waals surface area contributed by atoms with Gasteiger partial charge < -0.3 is 0 Å². The third kappa shape index (κ3) is 2.98. The van der Waals surface area contributed by atoms with Gasteiger partial charge >= 0.3 is 0 Å². The maximum Gasteiger partial charge on any atom is 0.176 e. The van der Waals surface area contributed by atoms with Crippen LogP contribution in [0, 0.1) is 5.82 Å². The summed E-state index contributed by atoms with van der Waals surface area (Å²) < 4.78 is 12.8. The van der Waals surface area contributed by atoms with Gasteiger partial charge in [-0.3, -0.25) is 5.43 Å². The van der Waals surface area contributed by atoms with Crippen LogP contribution >= 0.6 is 11.6 Å². The van der Waals surface area contributed by atoms with Gasteiger partial charge in [-0.25, -0.2) is 4.39 Å². The highest BCUT2D eigenvalue weighted by molar-refractivity contribution is 6.34. The molecule has 4 nitrogen and oxygen atoms in total. The van der Waals surface area contributed by atoms with E-state index in [1.54, 1.807) is 18.3 Å². The lowest BCUT2D eigenvalue weighted by Crippen LogP contribution is -1.97. The third-order valence-electron chi connectivity index (χ3n) is 2.90. The normalized spacial score (nSPS) is 11.1. The second-order valence-electron chi connectivity index (χ2n) is 4.31. The van der Waals surface area contributed by atoms with Gasteiger partial charge in [0.2, 0.25) is 0 Å². The summed E-state index contributed by atoms with van der Waals surface area (Å²) in [5.74, 6) is 0.225. The van der Waals surface area contributed by atoms with Gasteiger partial charge in [0.05, 0.1) is 6.21 Å². The summed E-state index contributed by atoms with van der Waals surface area (Å²) in [6.07, 6.45) is 1.57. The lowest BCUT2D eigenvalue weighted by Gasteiger charge is -2.04. The molecule has 2 aromatic carbocycles. The first kappa shape index (κ1) is 13.5. The fourth-order valence-corrected chi connectivity index (χ4v) is 2.07. The summed E-state index contributed by atoms with van der Waals surface area (Å²) >= 11 is 6.00. The van der Waals surface area contributed by atoms with E-state index in [4.69, 9.17) is 11.6 Å². The van der Waals surface area contributed by atoms with Gasteiger partial charge in [-0.05, 0) is 17.7 Å². The molecule has 0 aliphatic carbocycles. The van der Waals surface area contributed by atoms with Crippen molar-refractivity contribution in [1.29, 1.82) is 0 Å². The summed E-state index contributed by atoms with van der Waals surface area (Å²) in [6.45, 7) is 0. The van der Waals surface area contributed by atoms with Crippen molar-refractivity contribution in [3.05, 3.63) is 65.1 Å². The molecule has 0 fully saturated rings. The standard InChI is InChI=1S/C15H10ClFN4/c16-14-12-3-1-2-4-13(12)15(21-19-14)20-18-9-10-5-7-11(17)8-6-10/h1-9H,(H,20,21)/b18-9+. The number of aromatic nitrogens is 2. The zero-order valence-electron chi connectivity index (χ0n) is 10.8. The maximum atomic E-state index is 12.8. The highest BCUT2D eigenvalue weighted by Gasteiger charge is 2.05. The molecule has 3 aromatic rings. The van der Waals surface area contributed by atoms with Crippen LogP contribution in [0.2, 0.25) is 5.15 Å². The highest BCUT2D eigenvalue weighted by atomic mass is 35.5. The van der Waals surface area contributed by atoms with Gasteiger partial charge in [0.25, 0.3) is 0 Å². The number of hydrazone groups is 1. The zero-order chi connectivity index (χ0) is 14.7. The highest BCUT2D eigenvalue weighted by Crippen LogP contribution is 2.25. The van der Waals surface area contributed by atoms with E-state index < -0.39 is 0 Å². The Morgan fingerprint density at radius 3 is 2.48 bits per heavy atom.